The molecule has 0 saturated carbocycles. The summed E-state index contributed by atoms with van der Waals surface area (Å²) in [6, 6.07) is 26.7. The fourth-order valence-electron chi connectivity index (χ4n) is 6.17. The zero-order chi connectivity index (χ0) is 32.0. The zero-order valence-electron chi connectivity index (χ0n) is 24.6. The van der Waals surface area contributed by atoms with Gasteiger partial charge in [-0.05, 0) is 47.2 Å². The Labute approximate surface area is 264 Å². The Hall–Kier alpha value is -4.97. The van der Waals surface area contributed by atoms with Gasteiger partial charge in [-0.3, -0.25) is 19.3 Å². The summed E-state index contributed by atoms with van der Waals surface area (Å²) in [5.74, 6) is -2.54. The van der Waals surface area contributed by atoms with Gasteiger partial charge in [0.15, 0.2) is 0 Å². The number of amides is 3. The monoisotopic (exact) mass is 637 g/mol. The van der Waals surface area contributed by atoms with E-state index in [9.17, 15) is 22.8 Å². The van der Waals surface area contributed by atoms with Crippen LogP contribution >= 0.6 is 0 Å². The molecule has 5 aromatic rings. The Balaban J connectivity index is 1.27. The van der Waals surface area contributed by atoms with Crippen LogP contribution in [-0.4, -0.2) is 74.7 Å². The van der Waals surface area contributed by atoms with Crippen molar-refractivity contribution in [2.75, 3.05) is 44.3 Å². The summed E-state index contributed by atoms with van der Waals surface area (Å²) in [4.78, 5) is 43.5. The predicted octanol–water partition coefficient (Wildman–Crippen LogP) is 5.10. The second-order valence-corrected chi connectivity index (χ2v) is 13.0. The predicted molar refractivity (Wildman–Crippen MR) is 171 cm³/mol. The summed E-state index contributed by atoms with van der Waals surface area (Å²) < 4.78 is 48.3. The molecule has 0 spiro atoms. The molecule has 1 saturated heterocycles. The highest BCUT2D eigenvalue weighted by Gasteiger charge is 2.34. The number of hydrogen-bond donors (Lipinski definition) is 0. The number of carbonyl (C=O) groups is 3. The maximum atomic E-state index is 15.1. The number of ether oxygens (including phenoxy) is 1. The highest BCUT2D eigenvalue weighted by molar-refractivity contribution is 7.89. The lowest BCUT2D eigenvalue weighted by Crippen LogP contribution is -2.46. The standard InChI is InChI=1S/C35H28FN3O6S/c36-29-15-14-25(22-31(29)46(43,44)37-18-20-45-21-19-37)33(40)38(30-13-5-7-23-6-1-2-10-26(23)30)16-17-39-34(41)27-11-3-8-24-9-4-12-28(32(24)27)35(39)42/h1-15,22H,16-21H2. The maximum Gasteiger partial charge on any atom is 0.261 e. The molecule has 2 heterocycles. The third kappa shape index (κ3) is 5.02. The molecular formula is C35H28FN3O6S. The van der Waals surface area contributed by atoms with Crippen LogP contribution < -0.4 is 4.90 Å². The maximum absolute atomic E-state index is 15.1. The second-order valence-electron chi connectivity index (χ2n) is 11.1. The van der Waals surface area contributed by atoms with E-state index in [2.05, 4.69) is 0 Å². The van der Waals surface area contributed by atoms with E-state index in [-0.39, 0.29) is 45.0 Å². The van der Waals surface area contributed by atoms with Crippen LogP contribution in [0.15, 0.2) is 102 Å². The number of fused-ring (bicyclic) bond motifs is 1. The fourth-order valence-corrected chi connectivity index (χ4v) is 7.67. The van der Waals surface area contributed by atoms with E-state index in [0.717, 1.165) is 37.5 Å². The number of nitrogens with zero attached hydrogens (tertiary/aromatic N) is 3. The molecule has 0 aromatic heterocycles. The van der Waals surface area contributed by atoms with Gasteiger partial charge in [0, 0.05) is 53.6 Å². The lowest BCUT2D eigenvalue weighted by atomic mass is 9.94. The number of benzene rings is 5. The van der Waals surface area contributed by atoms with Crippen LogP contribution in [-0.2, 0) is 14.8 Å². The van der Waals surface area contributed by atoms with E-state index < -0.39 is 38.5 Å². The van der Waals surface area contributed by atoms with Crippen molar-refractivity contribution >= 4 is 55.0 Å². The fraction of sp³-hybridized carbons (Fsp3) is 0.171. The van der Waals surface area contributed by atoms with Crippen molar-refractivity contribution in [2.24, 2.45) is 0 Å². The van der Waals surface area contributed by atoms with E-state index in [1.54, 1.807) is 36.4 Å². The molecule has 5 aromatic carbocycles. The smallest absolute Gasteiger partial charge is 0.261 e. The summed E-state index contributed by atoms with van der Waals surface area (Å²) in [7, 11) is -4.25. The Morgan fingerprint density at radius 3 is 2.15 bits per heavy atom. The Bertz CT molecular complexity index is 2110. The van der Waals surface area contributed by atoms with Gasteiger partial charge in [0.05, 0.1) is 18.9 Å². The molecule has 3 amide bonds. The Kier molecular flexibility index (Phi) is 7.59. The van der Waals surface area contributed by atoms with Crippen LogP contribution in [0.25, 0.3) is 21.5 Å². The van der Waals surface area contributed by atoms with Gasteiger partial charge in [0.2, 0.25) is 10.0 Å². The summed E-state index contributed by atoms with van der Waals surface area (Å²) in [5.41, 5.74) is 1.22. The Morgan fingerprint density at radius 2 is 1.43 bits per heavy atom. The van der Waals surface area contributed by atoms with Crippen molar-refractivity contribution < 1.29 is 31.9 Å². The average Bonchev–Trinajstić information content (AvgIpc) is 3.09. The SMILES string of the molecule is O=C1c2cccc3cccc(c23)C(=O)N1CCN(C(=O)c1ccc(F)c(S(=O)(=O)N2CCOCC2)c1)c1cccc2ccccc12. The first-order chi connectivity index (χ1) is 22.3. The summed E-state index contributed by atoms with van der Waals surface area (Å²) in [6.07, 6.45) is 0. The first-order valence-corrected chi connectivity index (χ1v) is 16.2. The van der Waals surface area contributed by atoms with E-state index in [4.69, 9.17) is 4.74 Å². The molecule has 7 rings (SSSR count). The molecule has 232 valence electrons. The van der Waals surface area contributed by atoms with Gasteiger partial charge in [0.25, 0.3) is 17.7 Å². The number of imide groups is 1. The number of rotatable bonds is 7. The largest absolute Gasteiger partial charge is 0.379 e. The first kappa shape index (κ1) is 29.7. The van der Waals surface area contributed by atoms with Gasteiger partial charge in [-0.1, -0.05) is 60.7 Å². The molecule has 46 heavy (non-hydrogen) atoms. The zero-order valence-corrected chi connectivity index (χ0v) is 25.4. The van der Waals surface area contributed by atoms with Gasteiger partial charge in [0.1, 0.15) is 10.7 Å². The highest BCUT2D eigenvalue weighted by Crippen LogP contribution is 2.32. The van der Waals surface area contributed by atoms with Crippen molar-refractivity contribution in [3.05, 3.63) is 120 Å². The van der Waals surface area contributed by atoms with Crippen molar-refractivity contribution in [1.29, 1.82) is 0 Å². The molecule has 0 N–H and O–H groups in total. The van der Waals surface area contributed by atoms with E-state index in [1.807, 2.05) is 42.5 Å². The first-order valence-electron chi connectivity index (χ1n) is 14.8. The molecule has 11 heteroatoms. The summed E-state index contributed by atoms with van der Waals surface area (Å²) in [6.45, 7) is 0.249. The van der Waals surface area contributed by atoms with Gasteiger partial charge < -0.3 is 9.64 Å². The van der Waals surface area contributed by atoms with Crippen LogP contribution in [0.2, 0.25) is 0 Å². The number of sulfonamides is 1. The minimum atomic E-state index is -4.25. The third-order valence-corrected chi connectivity index (χ3v) is 10.4. The number of carbonyl (C=O) groups excluding carboxylic acids is 3. The van der Waals surface area contributed by atoms with E-state index in [0.29, 0.717) is 22.2 Å². The molecule has 1 fully saturated rings. The van der Waals surface area contributed by atoms with Crippen LogP contribution in [0.3, 0.4) is 0 Å². The second kappa shape index (κ2) is 11.8. The molecule has 0 aliphatic carbocycles. The number of morpholine rings is 1. The Morgan fingerprint density at radius 1 is 0.804 bits per heavy atom. The van der Waals surface area contributed by atoms with E-state index in [1.165, 1.54) is 11.0 Å². The molecule has 0 bridgehead atoms. The molecular weight excluding hydrogens is 609 g/mol. The van der Waals surface area contributed by atoms with Crippen molar-refractivity contribution in [1.82, 2.24) is 9.21 Å². The van der Waals surface area contributed by atoms with Gasteiger partial charge in [-0.2, -0.15) is 4.31 Å². The lowest BCUT2D eigenvalue weighted by molar-refractivity contribution is 0.0611. The normalized spacial score (nSPS) is 15.5. The van der Waals surface area contributed by atoms with Gasteiger partial charge in [-0.15, -0.1) is 0 Å². The molecule has 9 nitrogen and oxygen atoms in total. The number of halogens is 1. The van der Waals surface area contributed by atoms with Gasteiger partial charge >= 0.3 is 0 Å². The molecule has 0 unspecified atom stereocenters. The molecule has 0 atom stereocenters. The number of anilines is 1. The highest BCUT2D eigenvalue weighted by atomic mass is 32.2. The van der Waals surface area contributed by atoms with Crippen LogP contribution in [0.4, 0.5) is 10.1 Å². The molecule has 2 aliphatic heterocycles. The minimum absolute atomic E-state index is 0.0624. The number of hydrogen-bond acceptors (Lipinski definition) is 6. The topological polar surface area (TPSA) is 104 Å². The minimum Gasteiger partial charge on any atom is -0.379 e. The molecule has 2 aliphatic rings. The quantitative estimate of drug-likeness (QED) is 0.230. The lowest BCUT2D eigenvalue weighted by Gasteiger charge is -2.31. The average molecular weight is 638 g/mol. The van der Waals surface area contributed by atoms with Crippen LogP contribution in [0.5, 0.6) is 0 Å². The van der Waals surface area contributed by atoms with E-state index >= 15 is 4.39 Å². The summed E-state index contributed by atoms with van der Waals surface area (Å²) in [5, 5.41) is 2.95. The summed E-state index contributed by atoms with van der Waals surface area (Å²) >= 11 is 0. The molecule has 0 radical (unpaired) electrons. The van der Waals surface area contributed by atoms with Crippen molar-refractivity contribution in [3.63, 3.8) is 0 Å². The van der Waals surface area contributed by atoms with Crippen LogP contribution in [0.1, 0.15) is 31.1 Å². The van der Waals surface area contributed by atoms with Crippen LogP contribution in [0, 0.1) is 5.82 Å². The van der Waals surface area contributed by atoms with Gasteiger partial charge in [-0.25, -0.2) is 12.8 Å². The third-order valence-electron chi connectivity index (χ3n) is 8.47. The van der Waals surface area contributed by atoms with Crippen molar-refractivity contribution in [2.45, 2.75) is 4.90 Å². The van der Waals surface area contributed by atoms with Crippen molar-refractivity contribution in [3.8, 4) is 0 Å².